The SMILES string of the molecule is CCCCC(=O)N(CO)CO. The average molecular weight is 161 g/mol. The van der Waals surface area contributed by atoms with Crippen molar-refractivity contribution in [3.05, 3.63) is 0 Å². The molecule has 0 aliphatic rings. The Morgan fingerprint density at radius 3 is 2.27 bits per heavy atom. The molecule has 0 aliphatic carbocycles. The molecule has 0 spiro atoms. The smallest absolute Gasteiger partial charge is 0.226 e. The van der Waals surface area contributed by atoms with E-state index in [4.69, 9.17) is 10.2 Å². The fourth-order valence-corrected chi connectivity index (χ4v) is 0.689. The first-order chi connectivity index (χ1) is 5.26. The maximum absolute atomic E-state index is 11.0. The van der Waals surface area contributed by atoms with E-state index in [0.717, 1.165) is 17.7 Å². The summed E-state index contributed by atoms with van der Waals surface area (Å²) >= 11 is 0. The van der Waals surface area contributed by atoms with Crippen LogP contribution < -0.4 is 0 Å². The lowest BCUT2D eigenvalue weighted by Crippen LogP contribution is -2.32. The highest BCUT2D eigenvalue weighted by Crippen LogP contribution is 1.98. The van der Waals surface area contributed by atoms with Gasteiger partial charge in [-0.25, -0.2) is 0 Å². The Morgan fingerprint density at radius 1 is 1.36 bits per heavy atom. The van der Waals surface area contributed by atoms with Gasteiger partial charge in [0.15, 0.2) is 0 Å². The van der Waals surface area contributed by atoms with Gasteiger partial charge < -0.3 is 10.2 Å². The molecule has 0 radical (unpaired) electrons. The Labute approximate surface area is 66.4 Å². The molecule has 66 valence electrons. The minimum Gasteiger partial charge on any atom is -0.376 e. The van der Waals surface area contributed by atoms with Crippen molar-refractivity contribution in [2.45, 2.75) is 26.2 Å². The van der Waals surface area contributed by atoms with Crippen molar-refractivity contribution in [2.24, 2.45) is 0 Å². The minimum absolute atomic E-state index is 0.197. The van der Waals surface area contributed by atoms with Gasteiger partial charge in [0, 0.05) is 6.42 Å². The van der Waals surface area contributed by atoms with E-state index in [2.05, 4.69) is 0 Å². The second-order valence-corrected chi connectivity index (χ2v) is 2.32. The summed E-state index contributed by atoms with van der Waals surface area (Å²) in [6.45, 7) is 1.17. The van der Waals surface area contributed by atoms with Crippen molar-refractivity contribution in [1.82, 2.24) is 4.90 Å². The Hall–Kier alpha value is -0.610. The van der Waals surface area contributed by atoms with E-state index in [1.54, 1.807) is 0 Å². The van der Waals surface area contributed by atoms with Crippen LogP contribution in [0.1, 0.15) is 26.2 Å². The van der Waals surface area contributed by atoms with Crippen LogP contribution in [-0.4, -0.2) is 34.5 Å². The molecule has 0 aromatic carbocycles. The Kier molecular flexibility index (Phi) is 5.78. The summed E-state index contributed by atoms with van der Waals surface area (Å²) < 4.78 is 0. The number of rotatable bonds is 5. The predicted molar refractivity (Wildman–Crippen MR) is 40.5 cm³/mol. The Bertz CT molecular complexity index is 112. The molecule has 0 rings (SSSR count). The molecule has 0 saturated carbocycles. The first-order valence-electron chi connectivity index (χ1n) is 3.75. The number of amides is 1. The van der Waals surface area contributed by atoms with E-state index < -0.39 is 13.5 Å². The Morgan fingerprint density at radius 2 is 1.91 bits per heavy atom. The van der Waals surface area contributed by atoms with Gasteiger partial charge in [-0.1, -0.05) is 13.3 Å². The summed E-state index contributed by atoms with van der Waals surface area (Å²) in [5, 5.41) is 17.1. The first-order valence-corrected chi connectivity index (χ1v) is 3.75. The van der Waals surface area contributed by atoms with E-state index in [9.17, 15) is 4.79 Å². The third-order valence-electron chi connectivity index (χ3n) is 1.44. The standard InChI is InChI=1S/C7H15NO3/c1-2-3-4-7(11)8(5-9)6-10/h9-10H,2-6H2,1H3. The molecule has 0 heterocycles. The lowest BCUT2D eigenvalue weighted by atomic mass is 10.2. The lowest BCUT2D eigenvalue weighted by Gasteiger charge is -2.15. The van der Waals surface area contributed by atoms with E-state index in [1.165, 1.54) is 0 Å². The van der Waals surface area contributed by atoms with Gasteiger partial charge in [0.25, 0.3) is 0 Å². The third kappa shape index (κ3) is 3.95. The van der Waals surface area contributed by atoms with Crippen LogP contribution in [0.3, 0.4) is 0 Å². The summed E-state index contributed by atoms with van der Waals surface area (Å²) in [6.07, 6.45) is 2.14. The number of aliphatic hydroxyl groups is 2. The highest BCUT2D eigenvalue weighted by molar-refractivity contribution is 5.75. The van der Waals surface area contributed by atoms with Crippen molar-refractivity contribution in [3.8, 4) is 0 Å². The number of carbonyl (C=O) groups is 1. The van der Waals surface area contributed by atoms with E-state index in [-0.39, 0.29) is 5.91 Å². The van der Waals surface area contributed by atoms with Crippen LogP contribution >= 0.6 is 0 Å². The summed E-state index contributed by atoms with van der Waals surface area (Å²) in [6, 6.07) is 0. The maximum Gasteiger partial charge on any atom is 0.226 e. The lowest BCUT2D eigenvalue weighted by molar-refractivity contribution is -0.139. The predicted octanol–water partition coefficient (Wildman–Crippen LogP) is -0.0952. The monoisotopic (exact) mass is 161 g/mol. The zero-order chi connectivity index (χ0) is 8.69. The normalized spacial score (nSPS) is 9.73. The molecule has 0 bridgehead atoms. The van der Waals surface area contributed by atoms with E-state index in [1.807, 2.05) is 6.92 Å². The molecule has 0 aromatic rings. The second-order valence-electron chi connectivity index (χ2n) is 2.32. The molecule has 11 heavy (non-hydrogen) atoms. The van der Waals surface area contributed by atoms with Crippen molar-refractivity contribution in [3.63, 3.8) is 0 Å². The third-order valence-corrected chi connectivity index (χ3v) is 1.44. The topological polar surface area (TPSA) is 60.8 Å². The molecular formula is C7H15NO3. The van der Waals surface area contributed by atoms with Crippen LogP contribution in [-0.2, 0) is 4.79 Å². The molecule has 0 atom stereocenters. The van der Waals surface area contributed by atoms with Crippen molar-refractivity contribution < 1.29 is 15.0 Å². The minimum atomic E-state index is -0.404. The fourth-order valence-electron chi connectivity index (χ4n) is 0.689. The summed E-state index contributed by atoms with van der Waals surface area (Å²) in [7, 11) is 0. The number of nitrogens with zero attached hydrogens (tertiary/aromatic N) is 1. The van der Waals surface area contributed by atoms with Crippen LogP contribution in [0.2, 0.25) is 0 Å². The quantitative estimate of drug-likeness (QED) is 0.554. The maximum atomic E-state index is 11.0. The number of aliphatic hydroxyl groups excluding tert-OH is 2. The van der Waals surface area contributed by atoms with Gasteiger partial charge in [0.1, 0.15) is 13.5 Å². The van der Waals surface area contributed by atoms with Gasteiger partial charge in [-0.05, 0) is 6.42 Å². The van der Waals surface area contributed by atoms with Crippen molar-refractivity contribution in [2.75, 3.05) is 13.5 Å². The summed E-state index contributed by atoms with van der Waals surface area (Å²) in [5.41, 5.74) is 0. The van der Waals surface area contributed by atoms with Gasteiger partial charge in [0.2, 0.25) is 5.91 Å². The highest BCUT2D eigenvalue weighted by atomic mass is 16.3. The fraction of sp³-hybridized carbons (Fsp3) is 0.857. The number of carbonyl (C=O) groups excluding carboxylic acids is 1. The van der Waals surface area contributed by atoms with Crippen molar-refractivity contribution >= 4 is 5.91 Å². The number of unbranched alkanes of at least 4 members (excludes halogenated alkanes) is 1. The number of hydrogen-bond donors (Lipinski definition) is 2. The van der Waals surface area contributed by atoms with Crippen molar-refractivity contribution in [1.29, 1.82) is 0 Å². The zero-order valence-electron chi connectivity index (χ0n) is 6.79. The molecule has 0 fully saturated rings. The molecule has 1 amide bonds. The van der Waals surface area contributed by atoms with Crippen LogP contribution in [0, 0.1) is 0 Å². The molecule has 0 aliphatic heterocycles. The first kappa shape index (κ1) is 10.4. The van der Waals surface area contributed by atoms with Crippen LogP contribution in [0.25, 0.3) is 0 Å². The van der Waals surface area contributed by atoms with Gasteiger partial charge in [-0.15, -0.1) is 0 Å². The van der Waals surface area contributed by atoms with Crippen LogP contribution in [0.5, 0.6) is 0 Å². The summed E-state index contributed by atoms with van der Waals surface area (Å²) in [4.78, 5) is 12.0. The summed E-state index contributed by atoms with van der Waals surface area (Å²) in [5.74, 6) is -0.197. The molecule has 2 N–H and O–H groups in total. The average Bonchev–Trinajstić information content (AvgIpc) is 2.03. The van der Waals surface area contributed by atoms with Crippen LogP contribution in [0.4, 0.5) is 0 Å². The van der Waals surface area contributed by atoms with Gasteiger partial charge in [0.05, 0.1) is 0 Å². The Balaban J connectivity index is 3.61. The molecule has 0 aromatic heterocycles. The van der Waals surface area contributed by atoms with E-state index >= 15 is 0 Å². The molecule has 4 heteroatoms. The molecule has 0 unspecified atom stereocenters. The second kappa shape index (κ2) is 6.12. The van der Waals surface area contributed by atoms with Gasteiger partial charge in [-0.2, -0.15) is 0 Å². The zero-order valence-corrected chi connectivity index (χ0v) is 6.79. The number of hydrogen-bond acceptors (Lipinski definition) is 3. The largest absolute Gasteiger partial charge is 0.376 e. The van der Waals surface area contributed by atoms with Gasteiger partial charge in [-0.3, -0.25) is 9.69 Å². The van der Waals surface area contributed by atoms with Gasteiger partial charge >= 0.3 is 0 Å². The van der Waals surface area contributed by atoms with E-state index in [0.29, 0.717) is 6.42 Å². The molecular weight excluding hydrogens is 146 g/mol. The molecule has 4 nitrogen and oxygen atoms in total. The molecule has 0 saturated heterocycles. The highest BCUT2D eigenvalue weighted by Gasteiger charge is 2.08. The van der Waals surface area contributed by atoms with Crippen LogP contribution in [0.15, 0.2) is 0 Å².